The summed E-state index contributed by atoms with van der Waals surface area (Å²) in [6, 6.07) is 9.82. The van der Waals surface area contributed by atoms with E-state index in [1.807, 2.05) is 58.0 Å². The van der Waals surface area contributed by atoms with Crippen LogP contribution in [0.5, 0.6) is 0 Å². The van der Waals surface area contributed by atoms with Gasteiger partial charge in [0.25, 0.3) is 0 Å². The van der Waals surface area contributed by atoms with E-state index >= 15 is 0 Å². The lowest BCUT2D eigenvalue weighted by atomic mass is 10.2. The molecule has 0 spiro atoms. The van der Waals surface area contributed by atoms with Crippen LogP contribution in [0.2, 0.25) is 0 Å². The Labute approximate surface area is 92.1 Å². The van der Waals surface area contributed by atoms with Crippen LogP contribution in [0.1, 0.15) is 27.7 Å². The van der Waals surface area contributed by atoms with Crippen LogP contribution in [0.4, 0.5) is 5.69 Å². The van der Waals surface area contributed by atoms with Gasteiger partial charge in [0, 0.05) is 5.39 Å². The van der Waals surface area contributed by atoms with Crippen LogP contribution in [0.25, 0.3) is 10.9 Å². The van der Waals surface area contributed by atoms with Gasteiger partial charge in [-0.1, -0.05) is 45.9 Å². The first-order valence-electron chi connectivity index (χ1n) is 5.46. The largest absolute Gasteiger partial charge is 0.397 e. The molecule has 1 aromatic carbocycles. The Morgan fingerprint density at radius 3 is 2.27 bits per heavy atom. The predicted molar refractivity (Wildman–Crippen MR) is 68.9 cm³/mol. The third-order valence-corrected chi connectivity index (χ3v) is 1.61. The molecule has 0 amide bonds. The molecule has 15 heavy (non-hydrogen) atoms. The molecule has 2 nitrogen and oxygen atoms in total. The Kier molecular flexibility index (Phi) is 6.98. The van der Waals surface area contributed by atoms with E-state index in [0.29, 0.717) is 5.69 Å². The number of fused-ring (bicyclic) bond motifs is 1. The summed E-state index contributed by atoms with van der Waals surface area (Å²) in [6.07, 6.45) is 1.67. The van der Waals surface area contributed by atoms with Gasteiger partial charge in [0.2, 0.25) is 0 Å². The summed E-state index contributed by atoms with van der Waals surface area (Å²) in [5, 5.41) is 1.09. The summed E-state index contributed by atoms with van der Waals surface area (Å²) >= 11 is 0. The zero-order chi connectivity index (χ0) is 11.7. The van der Waals surface area contributed by atoms with Crippen molar-refractivity contribution >= 4 is 16.6 Å². The molecule has 0 aliphatic rings. The second-order valence-corrected chi connectivity index (χ2v) is 2.46. The Hall–Kier alpha value is -1.57. The van der Waals surface area contributed by atoms with Crippen LogP contribution < -0.4 is 5.73 Å². The minimum Gasteiger partial charge on any atom is -0.397 e. The molecule has 2 heteroatoms. The smallest absolute Gasteiger partial charge is 0.0703 e. The number of pyridine rings is 1. The van der Waals surface area contributed by atoms with Crippen molar-refractivity contribution in [2.24, 2.45) is 0 Å². The van der Waals surface area contributed by atoms with Crippen LogP contribution in [0, 0.1) is 0 Å². The minimum absolute atomic E-state index is 0.712. The van der Waals surface area contributed by atoms with E-state index in [1.165, 1.54) is 0 Å². The highest BCUT2D eigenvalue weighted by Gasteiger charge is 1.91. The molecular weight excluding hydrogens is 184 g/mol. The van der Waals surface area contributed by atoms with Crippen LogP contribution in [-0.4, -0.2) is 4.98 Å². The molecule has 1 aromatic heterocycles. The minimum atomic E-state index is 0.712. The van der Waals surface area contributed by atoms with E-state index in [4.69, 9.17) is 5.73 Å². The van der Waals surface area contributed by atoms with Gasteiger partial charge in [-0.15, -0.1) is 0 Å². The van der Waals surface area contributed by atoms with Crippen molar-refractivity contribution in [2.75, 3.05) is 5.73 Å². The van der Waals surface area contributed by atoms with E-state index < -0.39 is 0 Å². The van der Waals surface area contributed by atoms with Crippen molar-refractivity contribution in [1.82, 2.24) is 4.98 Å². The number of nitrogen functional groups attached to an aromatic ring is 1. The molecule has 0 radical (unpaired) electrons. The molecule has 2 N–H and O–H groups in total. The first-order valence-corrected chi connectivity index (χ1v) is 5.46. The molecular formula is C13H20N2. The van der Waals surface area contributed by atoms with Crippen LogP contribution >= 0.6 is 0 Å². The topological polar surface area (TPSA) is 38.9 Å². The molecule has 0 aliphatic carbocycles. The molecule has 1 heterocycles. The first kappa shape index (κ1) is 13.4. The summed E-state index contributed by atoms with van der Waals surface area (Å²) in [4.78, 5) is 4.16. The van der Waals surface area contributed by atoms with Crippen molar-refractivity contribution < 1.29 is 0 Å². The van der Waals surface area contributed by atoms with E-state index in [-0.39, 0.29) is 0 Å². The number of hydrogen-bond donors (Lipinski definition) is 1. The monoisotopic (exact) mass is 204 g/mol. The molecule has 2 rings (SSSR count). The summed E-state index contributed by atoms with van der Waals surface area (Å²) in [7, 11) is 0. The second kappa shape index (κ2) is 7.80. The normalized spacial score (nSPS) is 8.27. The molecule has 0 saturated heterocycles. The Morgan fingerprint density at radius 1 is 1.00 bits per heavy atom. The first-order chi connectivity index (χ1) is 7.36. The zero-order valence-electron chi connectivity index (χ0n) is 9.99. The van der Waals surface area contributed by atoms with E-state index in [9.17, 15) is 0 Å². The van der Waals surface area contributed by atoms with Crippen molar-refractivity contribution in [3.63, 3.8) is 0 Å². The molecule has 0 atom stereocenters. The van der Waals surface area contributed by atoms with Crippen molar-refractivity contribution in [1.29, 1.82) is 0 Å². The van der Waals surface area contributed by atoms with Gasteiger partial charge in [0.1, 0.15) is 0 Å². The van der Waals surface area contributed by atoms with E-state index in [2.05, 4.69) is 4.98 Å². The van der Waals surface area contributed by atoms with Gasteiger partial charge < -0.3 is 5.73 Å². The number of nitrogens with zero attached hydrogens (tertiary/aromatic N) is 1. The fraction of sp³-hybridized carbons (Fsp3) is 0.308. The Morgan fingerprint density at radius 2 is 1.60 bits per heavy atom. The van der Waals surface area contributed by atoms with Gasteiger partial charge in [-0.3, -0.25) is 4.98 Å². The maximum atomic E-state index is 5.56. The number of anilines is 1. The lowest BCUT2D eigenvalue weighted by Gasteiger charge is -1.95. The zero-order valence-corrected chi connectivity index (χ0v) is 9.99. The molecule has 2 aromatic rings. The Bertz CT molecular complexity index is 383. The summed E-state index contributed by atoms with van der Waals surface area (Å²) in [5.74, 6) is 0. The van der Waals surface area contributed by atoms with Crippen LogP contribution in [-0.2, 0) is 0 Å². The van der Waals surface area contributed by atoms with Gasteiger partial charge in [-0.25, -0.2) is 0 Å². The fourth-order valence-corrected chi connectivity index (χ4v) is 1.09. The molecule has 0 fully saturated rings. The van der Waals surface area contributed by atoms with Crippen molar-refractivity contribution in [3.05, 3.63) is 36.5 Å². The summed E-state index contributed by atoms with van der Waals surface area (Å²) in [5.41, 5.74) is 7.26. The Balaban J connectivity index is 0.000000442. The molecule has 0 saturated carbocycles. The molecule has 82 valence electrons. The predicted octanol–water partition coefficient (Wildman–Crippen LogP) is 3.87. The number of benzene rings is 1. The number of aromatic nitrogens is 1. The summed E-state index contributed by atoms with van der Waals surface area (Å²) in [6.45, 7) is 8.00. The molecule has 0 aliphatic heterocycles. The SMILES string of the molecule is CC.CC.Nc1cnc2ccccc2c1. The highest BCUT2D eigenvalue weighted by Crippen LogP contribution is 2.12. The van der Waals surface area contributed by atoms with Gasteiger partial charge in [0.05, 0.1) is 17.4 Å². The van der Waals surface area contributed by atoms with Gasteiger partial charge in [-0.05, 0) is 12.1 Å². The number of para-hydroxylation sites is 1. The highest BCUT2D eigenvalue weighted by atomic mass is 14.7. The third-order valence-electron chi connectivity index (χ3n) is 1.61. The van der Waals surface area contributed by atoms with Gasteiger partial charge in [-0.2, -0.15) is 0 Å². The second-order valence-electron chi connectivity index (χ2n) is 2.46. The number of hydrogen-bond acceptors (Lipinski definition) is 2. The maximum Gasteiger partial charge on any atom is 0.0703 e. The quantitative estimate of drug-likeness (QED) is 0.707. The average molecular weight is 204 g/mol. The molecule has 0 bridgehead atoms. The number of nitrogens with two attached hydrogens (primary N) is 1. The van der Waals surface area contributed by atoms with Crippen LogP contribution in [0.15, 0.2) is 36.5 Å². The lowest BCUT2D eigenvalue weighted by molar-refractivity contribution is 1.41. The van der Waals surface area contributed by atoms with E-state index in [1.54, 1.807) is 6.20 Å². The third kappa shape index (κ3) is 3.98. The lowest BCUT2D eigenvalue weighted by Crippen LogP contribution is -1.85. The maximum absolute atomic E-state index is 5.56. The average Bonchev–Trinajstić information content (AvgIpc) is 2.34. The van der Waals surface area contributed by atoms with E-state index in [0.717, 1.165) is 10.9 Å². The van der Waals surface area contributed by atoms with Gasteiger partial charge >= 0.3 is 0 Å². The molecule has 0 unspecified atom stereocenters. The van der Waals surface area contributed by atoms with Gasteiger partial charge in [0.15, 0.2) is 0 Å². The number of rotatable bonds is 0. The highest BCUT2D eigenvalue weighted by molar-refractivity contribution is 5.80. The van der Waals surface area contributed by atoms with Crippen molar-refractivity contribution in [2.45, 2.75) is 27.7 Å². The summed E-state index contributed by atoms with van der Waals surface area (Å²) < 4.78 is 0. The van der Waals surface area contributed by atoms with Crippen molar-refractivity contribution in [3.8, 4) is 0 Å². The van der Waals surface area contributed by atoms with Crippen LogP contribution in [0.3, 0.4) is 0 Å². The standard InChI is InChI=1S/C9H8N2.2C2H6/c10-8-5-7-3-1-2-4-9(7)11-6-8;2*1-2/h1-6H,10H2;2*1-2H3. The fourth-order valence-electron chi connectivity index (χ4n) is 1.09.